The number of rotatable bonds is 7. The lowest BCUT2D eigenvalue weighted by atomic mass is 9.86. The van der Waals surface area contributed by atoms with Crippen LogP contribution in [0.5, 0.6) is 5.75 Å². The minimum Gasteiger partial charge on any atom is -0.493 e. The van der Waals surface area contributed by atoms with Gasteiger partial charge in [-0.3, -0.25) is 9.59 Å². The number of hydrogen-bond acceptors (Lipinski definition) is 6. The summed E-state index contributed by atoms with van der Waals surface area (Å²) in [7, 11) is 0. The van der Waals surface area contributed by atoms with Crippen LogP contribution in [0.15, 0.2) is 29.1 Å². The fourth-order valence-electron chi connectivity index (χ4n) is 3.43. The minimum absolute atomic E-state index is 0.0102. The number of aromatic nitrogens is 3. The van der Waals surface area contributed by atoms with Crippen molar-refractivity contribution in [2.45, 2.75) is 32.1 Å². The Hall–Kier alpha value is -2.74. The molecule has 4 rings (SSSR count). The zero-order valence-electron chi connectivity index (χ0n) is 16.4. The molecule has 8 nitrogen and oxygen atoms in total. The molecule has 2 heterocycles. The van der Waals surface area contributed by atoms with Crippen LogP contribution in [-0.2, 0) is 16.0 Å². The molecule has 29 heavy (non-hydrogen) atoms. The van der Waals surface area contributed by atoms with Crippen molar-refractivity contribution in [2.75, 3.05) is 32.9 Å². The second kappa shape index (κ2) is 9.17. The largest absolute Gasteiger partial charge is 0.493 e. The standard InChI is InChI=1S/C21H26N4O4/c26-19(25-10-12-28-13-11-25)9-8-18-21(27)22-20(24-23-18)16-4-6-17(7-5-16)29-14-15-2-1-3-15/h4-7,15H,1-3,8-14H2,(H,22,24,27). The zero-order chi connectivity index (χ0) is 20.1. The van der Waals surface area contributed by atoms with E-state index in [1.165, 1.54) is 19.3 Å². The first kappa shape index (κ1) is 19.6. The van der Waals surface area contributed by atoms with Crippen LogP contribution in [0.4, 0.5) is 0 Å². The van der Waals surface area contributed by atoms with Gasteiger partial charge in [-0.05, 0) is 43.0 Å². The summed E-state index contributed by atoms with van der Waals surface area (Å²) in [6.07, 6.45) is 4.31. The van der Waals surface area contributed by atoms with Crippen molar-refractivity contribution in [1.82, 2.24) is 20.1 Å². The van der Waals surface area contributed by atoms with Crippen LogP contribution in [-0.4, -0.2) is 58.9 Å². The maximum atomic E-state index is 12.4. The van der Waals surface area contributed by atoms with Gasteiger partial charge in [-0.2, -0.15) is 0 Å². The third-order valence-electron chi connectivity index (χ3n) is 5.54. The van der Waals surface area contributed by atoms with Gasteiger partial charge < -0.3 is 19.4 Å². The molecule has 154 valence electrons. The van der Waals surface area contributed by atoms with E-state index in [1.807, 2.05) is 24.3 Å². The second-order valence-corrected chi connectivity index (χ2v) is 7.57. The molecule has 1 aliphatic carbocycles. The van der Waals surface area contributed by atoms with Gasteiger partial charge in [0.15, 0.2) is 5.82 Å². The number of H-pyrrole nitrogens is 1. The van der Waals surface area contributed by atoms with E-state index in [0.717, 1.165) is 17.9 Å². The molecule has 0 unspecified atom stereocenters. The van der Waals surface area contributed by atoms with Crippen LogP contribution in [0, 0.1) is 5.92 Å². The molecule has 1 aromatic heterocycles. The Kier molecular flexibility index (Phi) is 6.19. The number of aryl methyl sites for hydroxylation is 1. The van der Waals surface area contributed by atoms with E-state index in [-0.39, 0.29) is 30.0 Å². The van der Waals surface area contributed by atoms with Gasteiger partial charge in [-0.25, -0.2) is 0 Å². The molecular formula is C21H26N4O4. The van der Waals surface area contributed by atoms with Crippen LogP contribution in [0.25, 0.3) is 11.4 Å². The number of nitrogens with one attached hydrogen (secondary N) is 1. The summed E-state index contributed by atoms with van der Waals surface area (Å²) in [5, 5.41) is 8.19. The van der Waals surface area contributed by atoms with Crippen molar-refractivity contribution in [3.8, 4) is 17.1 Å². The van der Waals surface area contributed by atoms with Gasteiger partial charge in [0.25, 0.3) is 5.56 Å². The summed E-state index contributed by atoms with van der Waals surface area (Å²) in [5.74, 6) is 1.91. The lowest BCUT2D eigenvalue weighted by molar-refractivity contribution is -0.135. The number of ether oxygens (including phenoxy) is 2. The molecule has 1 saturated heterocycles. The van der Waals surface area contributed by atoms with Gasteiger partial charge in [0.1, 0.15) is 11.4 Å². The van der Waals surface area contributed by atoms with Gasteiger partial charge in [0, 0.05) is 31.5 Å². The van der Waals surface area contributed by atoms with E-state index in [0.29, 0.717) is 38.0 Å². The Balaban J connectivity index is 1.33. The van der Waals surface area contributed by atoms with Gasteiger partial charge in [0.2, 0.25) is 5.91 Å². The van der Waals surface area contributed by atoms with Crippen molar-refractivity contribution in [2.24, 2.45) is 5.92 Å². The summed E-state index contributed by atoms with van der Waals surface area (Å²) in [4.78, 5) is 29.1. The highest BCUT2D eigenvalue weighted by molar-refractivity contribution is 5.76. The van der Waals surface area contributed by atoms with Gasteiger partial charge in [0.05, 0.1) is 19.8 Å². The fourth-order valence-corrected chi connectivity index (χ4v) is 3.43. The number of carbonyl (C=O) groups excluding carboxylic acids is 1. The van der Waals surface area contributed by atoms with Crippen molar-refractivity contribution >= 4 is 5.91 Å². The molecule has 1 N–H and O–H groups in total. The van der Waals surface area contributed by atoms with Crippen molar-refractivity contribution in [3.63, 3.8) is 0 Å². The first-order valence-electron chi connectivity index (χ1n) is 10.2. The monoisotopic (exact) mass is 398 g/mol. The Morgan fingerprint density at radius 3 is 2.59 bits per heavy atom. The summed E-state index contributed by atoms with van der Waals surface area (Å²) in [6, 6.07) is 7.47. The highest BCUT2D eigenvalue weighted by atomic mass is 16.5. The maximum Gasteiger partial charge on any atom is 0.273 e. The summed E-state index contributed by atoms with van der Waals surface area (Å²) < 4.78 is 11.0. The molecule has 0 spiro atoms. The van der Waals surface area contributed by atoms with Crippen molar-refractivity contribution < 1.29 is 14.3 Å². The van der Waals surface area contributed by atoms with Crippen LogP contribution in [0.2, 0.25) is 0 Å². The molecule has 1 aromatic carbocycles. The van der Waals surface area contributed by atoms with Gasteiger partial charge in [-0.15, -0.1) is 10.2 Å². The molecule has 8 heteroatoms. The molecule has 2 aliphatic rings. The van der Waals surface area contributed by atoms with E-state index in [2.05, 4.69) is 15.2 Å². The second-order valence-electron chi connectivity index (χ2n) is 7.57. The average Bonchev–Trinajstić information content (AvgIpc) is 2.72. The van der Waals surface area contributed by atoms with E-state index in [1.54, 1.807) is 4.90 Å². The molecule has 1 amide bonds. The number of carbonyl (C=O) groups is 1. The summed E-state index contributed by atoms with van der Waals surface area (Å²) in [6.45, 7) is 3.07. The first-order valence-corrected chi connectivity index (χ1v) is 10.2. The predicted molar refractivity (Wildman–Crippen MR) is 107 cm³/mol. The van der Waals surface area contributed by atoms with Gasteiger partial charge in [-0.1, -0.05) is 6.42 Å². The zero-order valence-corrected chi connectivity index (χ0v) is 16.4. The lowest BCUT2D eigenvalue weighted by Crippen LogP contribution is -2.41. The van der Waals surface area contributed by atoms with Crippen molar-refractivity contribution in [3.05, 3.63) is 40.3 Å². The average molecular weight is 398 g/mol. The SMILES string of the molecule is O=C(CCc1nnc(-c2ccc(OCC3CCC3)cc2)[nH]c1=O)N1CCOCC1. The smallest absolute Gasteiger partial charge is 0.273 e. The third kappa shape index (κ3) is 5.00. The van der Waals surface area contributed by atoms with E-state index in [4.69, 9.17) is 9.47 Å². The fraction of sp³-hybridized carbons (Fsp3) is 0.524. The molecule has 2 fully saturated rings. The molecule has 1 aliphatic heterocycles. The summed E-state index contributed by atoms with van der Waals surface area (Å²) in [5.41, 5.74) is 0.729. The number of hydrogen-bond donors (Lipinski definition) is 1. The van der Waals surface area contributed by atoms with Crippen LogP contribution in [0.3, 0.4) is 0 Å². The van der Waals surface area contributed by atoms with E-state index >= 15 is 0 Å². The van der Waals surface area contributed by atoms with Gasteiger partial charge >= 0.3 is 0 Å². The Bertz CT molecular complexity index is 886. The molecule has 0 atom stereocenters. The number of nitrogens with zero attached hydrogens (tertiary/aromatic N) is 3. The number of morpholine rings is 1. The molecule has 0 radical (unpaired) electrons. The number of aromatic amines is 1. The lowest BCUT2D eigenvalue weighted by Gasteiger charge is -2.26. The highest BCUT2D eigenvalue weighted by Gasteiger charge is 2.19. The quantitative estimate of drug-likeness (QED) is 0.764. The van der Waals surface area contributed by atoms with Crippen molar-refractivity contribution in [1.29, 1.82) is 0 Å². The topological polar surface area (TPSA) is 97.4 Å². The minimum atomic E-state index is -0.310. The maximum absolute atomic E-state index is 12.4. The molecular weight excluding hydrogens is 372 g/mol. The van der Waals surface area contributed by atoms with Crippen LogP contribution < -0.4 is 10.3 Å². The summed E-state index contributed by atoms with van der Waals surface area (Å²) >= 11 is 0. The number of amides is 1. The predicted octanol–water partition coefficient (Wildman–Crippen LogP) is 1.80. The van der Waals surface area contributed by atoms with E-state index < -0.39 is 0 Å². The first-order chi connectivity index (χ1) is 14.2. The van der Waals surface area contributed by atoms with E-state index in [9.17, 15) is 9.59 Å². The normalized spacial score (nSPS) is 17.0. The molecule has 2 aromatic rings. The number of benzene rings is 1. The Morgan fingerprint density at radius 1 is 1.17 bits per heavy atom. The Labute approximate surface area is 169 Å². The molecule has 0 bridgehead atoms. The third-order valence-corrected chi connectivity index (χ3v) is 5.54. The highest BCUT2D eigenvalue weighted by Crippen LogP contribution is 2.27. The van der Waals surface area contributed by atoms with Crippen LogP contribution >= 0.6 is 0 Å². The van der Waals surface area contributed by atoms with Crippen LogP contribution in [0.1, 0.15) is 31.4 Å². The Morgan fingerprint density at radius 2 is 1.93 bits per heavy atom. The molecule has 1 saturated carbocycles.